The second-order valence-corrected chi connectivity index (χ2v) is 4.21. The Kier molecular flexibility index (Phi) is 2.60. The minimum atomic E-state index is -0.289. The molecule has 1 saturated heterocycles. The molecule has 0 spiro atoms. The largest absolute Gasteiger partial charge is 0.316 e. The molecule has 0 bridgehead atoms. The molecule has 0 radical (unpaired) electrons. The van der Waals surface area contributed by atoms with Gasteiger partial charge in [-0.3, -0.25) is 5.10 Å². The van der Waals surface area contributed by atoms with E-state index in [1.54, 1.807) is 18.2 Å². The van der Waals surface area contributed by atoms with Crippen molar-refractivity contribution in [3.8, 4) is 11.4 Å². The Morgan fingerprint density at radius 2 is 2.18 bits per heavy atom. The van der Waals surface area contributed by atoms with Crippen molar-refractivity contribution in [3.05, 3.63) is 35.9 Å². The Hall–Kier alpha value is -1.75. The van der Waals surface area contributed by atoms with Crippen molar-refractivity contribution in [2.75, 3.05) is 13.1 Å². The molecule has 17 heavy (non-hydrogen) atoms. The molecule has 1 aliphatic heterocycles. The van der Waals surface area contributed by atoms with Crippen molar-refractivity contribution < 1.29 is 4.39 Å². The third kappa shape index (κ3) is 1.93. The summed E-state index contributed by atoms with van der Waals surface area (Å²) in [6.07, 6.45) is 1.05. The lowest BCUT2D eigenvalue weighted by Crippen LogP contribution is -2.08. The van der Waals surface area contributed by atoms with Gasteiger partial charge >= 0.3 is 0 Å². The van der Waals surface area contributed by atoms with Crippen LogP contribution in [0.25, 0.3) is 11.4 Å². The van der Waals surface area contributed by atoms with Gasteiger partial charge in [0.05, 0.1) is 5.56 Å². The molecule has 3 rings (SSSR count). The third-order valence-electron chi connectivity index (χ3n) is 3.06. The van der Waals surface area contributed by atoms with E-state index in [0.29, 0.717) is 17.3 Å². The average molecular weight is 232 g/mol. The summed E-state index contributed by atoms with van der Waals surface area (Å²) in [6, 6.07) is 6.55. The third-order valence-corrected chi connectivity index (χ3v) is 3.06. The number of nitrogens with zero attached hydrogens (tertiary/aromatic N) is 2. The van der Waals surface area contributed by atoms with E-state index in [2.05, 4.69) is 20.5 Å². The fourth-order valence-corrected chi connectivity index (χ4v) is 2.11. The van der Waals surface area contributed by atoms with Crippen molar-refractivity contribution in [2.45, 2.75) is 12.3 Å². The van der Waals surface area contributed by atoms with Gasteiger partial charge in [0, 0.05) is 12.5 Å². The number of hydrogen-bond donors (Lipinski definition) is 2. The van der Waals surface area contributed by atoms with E-state index >= 15 is 0 Å². The maximum absolute atomic E-state index is 13.6. The second-order valence-electron chi connectivity index (χ2n) is 4.21. The summed E-state index contributed by atoms with van der Waals surface area (Å²) in [4.78, 5) is 4.38. The second kappa shape index (κ2) is 4.25. The molecule has 0 amide bonds. The molecule has 1 aromatic carbocycles. The zero-order valence-electron chi connectivity index (χ0n) is 9.28. The fourth-order valence-electron chi connectivity index (χ4n) is 2.11. The summed E-state index contributed by atoms with van der Waals surface area (Å²) in [5, 5.41) is 10.3. The van der Waals surface area contributed by atoms with Crippen molar-refractivity contribution in [1.82, 2.24) is 20.5 Å². The molecular weight excluding hydrogens is 219 g/mol. The van der Waals surface area contributed by atoms with Crippen LogP contribution < -0.4 is 5.32 Å². The lowest BCUT2D eigenvalue weighted by Gasteiger charge is -2.01. The quantitative estimate of drug-likeness (QED) is 0.828. The Balaban J connectivity index is 1.92. The van der Waals surface area contributed by atoms with Crippen LogP contribution in [0.15, 0.2) is 24.3 Å². The highest BCUT2D eigenvalue weighted by molar-refractivity contribution is 5.55. The first-order valence-electron chi connectivity index (χ1n) is 5.72. The summed E-state index contributed by atoms with van der Waals surface area (Å²) in [7, 11) is 0. The van der Waals surface area contributed by atoms with Crippen molar-refractivity contribution >= 4 is 0 Å². The Morgan fingerprint density at radius 1 is 1.29 bits per heavy atom. The number of nitrogens with one attached hydrogen (secondary N) is 2. The van der Waals surface area contributed by atoms with Crippen LogP contribution in [0.2, 0.25) is 0 Å². The van der Waals surface area contributed by atoms with Crippen LogP contribution >= 0.6 is 0 Å². The predicted octanol–water partition coefficient (Wildman–Crippen LogP) is 1.69. The minimum absolute atomic E-state index is 0.289. The van der Waals surface area contributed by atoms with E-state index in [1.807, 2.05) is 0 Å². The van der Waals surface area contributed by atoms with Gasteiger partial charge in [-0.2, -0.15) is 5.10 Å². The minimum Gasteiger partial charge on any atom is -0.316 e. The number of aromatic nitrogens is 3. The van der Waals surface area contributed by atoms with Gasteiger partial charge in [-0.25, -0.2) is 9.37 Å². The number of aromatic amines is 1. The van der Waals surface area contributed by atoms with Crippen LogP contribution in [0.3, 0.4) is 0 Å². The highest BCUT2D eigenvalue weighted by Gasteiger charge is 2.21. The van der Waals surface area contributed by atoms with Gasteiger partial charge in [0.15, 0.2) is 5.82 Å². The van der Waals surface area contributed by atoms with E-state index < -0.39 is 0 Å². The van der Waals surface area contributed by atoms with Crippen molar-refractivity contribution in [2.24, 2.45) is 0 Å². The molecule has 1 aromatic heterocycles. The van der Waals surface area contributed by atoms with Crippen molar-refractivity contribution in [1.29, 1.82) is 0 Å². The van der Waals surface area contributed by atoms with Crippen LogP contribution in [0.1, 0.15) is 18.2 Å². The zero-order chi connectivity index (χ0) is 11.7. The van der Waals surface area contributed by atoms with Gasteiger partial charge in [0.25, 0.3) is 0 Å². The molecule has 2 heterocycles. The van der Waals surface area contributed by atoms with E-state index in [-0.39, 0.29) is 5.82 Å². The lowest BCUT2D eigenvalue weighted by atomic mass is 10.1. The molecule has 4 nitrogen and oxygen atoms in total. The molecule has 0 aliphatic carbocycles. The first-order valence-corrected chi connectivity index (χ1v) is 5.72. The van der Waals surface area contributed by atoms with E-state index in [4.69, 9.17) is 0 Å². The first-order chi connectivity index (χ1) is 8.34. The maximum atomic E-state index is 13.6. The van der Waals surface area contributed by atoms with Crippen LogP contribution in [0.4, 0.5) is 4.39 Å². The number of halogens is 1. The van der Waals surface area contributed by atoms with Gasteiger partial charge in [0.2, 0.25) is 0 Å². The molecular formula is C12H13FN4. The molecule has 0 saturated carbocycles. The van der Waals surface area contributed by atoms with Crippen LogP contribution in [-0.2, 0) is 0 Å². The highest BCUT2D eigenvalue weighted by atomic mass is 19.1. The SMILES string of the molecule is Fc1ccccc1-c1n[nH]c(C2CCNC2)n1. The van der Waals surface area contributed by atoms with Gasteiger partial charge in [-0.15, -0.1) is 0 Å². The van der Waals surface area contributed by atoms with Gasteiger partial charge in [0.1, 0.15) is 11.6 Å². The maximum Gasteiger partial charge on any atom is 0.184 e. The van der Waals surface area contributed by atoms with Crippen molar-refractivity contribution in [3.63, 3.8) is 0 Å². The number of rotatable bonds is 2. The normalized spacial score (nSPS) is 19.7. The Labute approximate surface area is 98.3 Å². The topological polar surface area (TPSA) is 53.6 Å². The van der Waals surface area contributed by atoms with E-state index in [9.17, 15) is 4.39 Å². The molecule has 1 atom stereocenters. The van der Waals surface area contributed by atoms with Crippen LogP contribution in [0, 0.1) is 5.82 Å². The van der Waals surface area contributed by atoms with Gasteiger partial charge in [-0.1, -0.05) is 12.1 Å². The number of benzene rings is 1. The Bertz CT molecular complexity index is 517. The van der Waals surface area contributed by atoms with E-state index in [1.165, 1.54) is 6.07 Å². The Morgan fingerprint density at radius 3 is 2.94 bits per heavy atom. The standard InChI is InChI=1S/C12H13FN4/c13-10-4-2-1-3-9(10)12-15-11(16-17-12)8-5-6-14-7-8/h1-4,8,14H,5-7H2,(H,15,16,17). The number of H-pyrrole nitrogens is 1. The monoisotopic (exact) mass is 232 g/mol. The molecule has 1 aliphatic rings. The first kappa shape index (κ1) is 10.4. The molecule has 2 N–H and O–H groups in total. The number of hydrogen-bond acceptors (Lipinski definition) is 3. The predicted molar refractivity (Wildman–Crippen MR) is 62.0 cm³/mol. The van der Waals surface area contributed by atoms with Crippen LogP contribution in [-0.4, -0.2) is 28.3 Å². The fraction of sp³-hybridized carbons (Fsp3) is 0.333. The molecule has 5 heteroatoms. The van der Waals surface area contributed by atoms with Gasteiger partial charge < -0.3 is 5.32 Å². The van der Waals surface area contributed by atoms with Crippen LogP contribution in [0.5, 0.6) is 0 Å². The molecule has 1 fully saturated rings. The lowest BCUT2D eigenvalue weighted by molar-refractivity contribution is 0.630. The average Bonchev–Trinajstić information content (AvgIpc) is 3.00. The smallest absolute Gasteiger partial charge is 0.184 e. The zero-order valence-corrected chi connectivity index (χ0v) is 9.28. The summed E-state index contributed by atoms with van der Waals surface area (Å²) in [5.74, 6) is 1.35. The summed E-state index contributed by atoms with van der Waals surface area (Å²) in [6.45, 7) is 1.91. The molecule has 2 aromatic rings. The van der Waals surface area contributed by atoms with Gasteiger partial charge in [-0.05, 0) is 25.1 Å². The summed E-state index contributed by atoms with van der Waals surface area (Å²) in [5.41, 5.74) is 0.445. The molecule has 1 unspecified atom stereocenters. The summed E-state index contributed by atoms with van der Waals surface area (Å²) >= 11 is 0. The summed E-state index contributed by atoms with van der Waals surface area (Å²) < 4.78 is 13.6. The molecule has 88 valence electrons. The van der Waals surface area contributed by atoms with E-state index in [0.717, 1.165) is 25.3 Å². The highest BCUT2D eigenvalue weighted by Crippen LogP contribution is 2.23.